The second kappa shape index (κ2) is 9.49. The highest BCUT2D eigenvalue weighted by Crippen LogP contribution is 2.33. The molecule has 0 radical (unpaired) electrons. The number of carbonyl (C=O) groups excluding carboxylic acids is 2. The van der Waals surface area contributed by atoms with E-state index in [-0.39, 0.29) is 29.8 Å². The fraction of sp³-hybridized carbons (Fsp3) is 0.333. The van der Waals surface area contributed by atoms with Crippen molar-refractivity contribution in [1.82, 2.24) is 29.2 Å². The molecular weight excluding hydrogens is 486 g/mol. The first-order valence-electron chi connectivity index (χ1n) is 12.7. The minimum atomic E-state index is -1.09. The molecule has 2 amide bonds. The normalized spacial score (nSPS) is 16.9. The molecule has 1 aliphatic carbocycles. The molecule has 4 heterocycles. The summed E-state index contributed by atoms with van der Waals surface area (Å²) < 4.78 is 2.95. The number of aliphatic hydroxyl groups is 1. The maximum atomic E-state index is 13.3. The average molecular weight is 514 g/mol. The highest BCUT2D eigenvalue weighted by Gasteiger charge is 2.39. The first-order chi connectivity index (χ1) is 18.4. The summed E-state index contributed by atoms with van der Waals surface area (Å²) in [6, 6.07) is 12.2. The summed E-state index contributed by atoms with van der Waals surface area (Å²) in [5.41, 5.74) is 0.447. The third-order valence-electron chi connectivity index (χ3n) is 7.20. The number of carbonyl (C=O) groups is 2. The fourth-order valence-electron chi connectivity index (χ4n) is 4.86. The van der Waals surface area contributed by atoms with Gasteiger partial charge in [0, 0.05) is 30.9 Å². The average Bonchev–Trinajstić information content (AvgIpc) is 3.69. The Kier molecular flexibility index (Phi) is 5.99. The van der Waals surface area contributed by atoms with E-state index in [1.54, 1.807) is 48.7 Å². The molecule has 2 N–H and O–H groups in total. The van der Waals surface area contributed by atoms with Crippen LogP contribution < -0.4 is 10.9 Å². The molecule has 38 heavy (non-hydrogen) atoms. The topological polar surface area (TPSA) is 135 Å². The fourth-order valence-corrected chi connectivity index (χ4v) is 4.86. The number of pyridine rings is 1. The maximum absolute atomic E-state index is 13.3. The number of hydrogen-bond acceptors (Lipinski definition) is 7. The number of anilines is 1. The molecule has 0 atom stereocenters. The predicted octanol–water partition coefficient (Wildman–Crippen LogP) is 1.99. The van der Waals surface area contributed by atoms with Crippen LogP contribution in [0.3, 0.4) is 0 Å². The number of rotatable bonds is 6. The Balaban J connectivity index is 1.20. The molecule has 1 aromatic carbocycles. The number of hydrogen-bond donors (Lipinski definition) is 2. The molecule has 4 aromatic rings. The van der Waals surface area contributed by atoms with Crippen LogP contribution in [-0.4, -0.2) is 64.8 Å². The number of nitrogens with one attached hydrogen (secondary N) is 1. The van der Waals surface area contributed by atoms with Gasteiger partial charge in [-0.1, -0.05) is 12.1 Å². The van der Waals surface area contributed by atoms with Gasteiger partial charge >= 0.3 is 0 Å². The van der Waals surface area contributed by atoms with Crippen molar-refractivity contribution in [3.8, 4) is 5.69 Å². The monoisotopic (exact) mass is 513 g/mol. The van der Waals surface area contributed by atoms with E-state index in [9.17, 15) is 19.5 Å². The Morgan fingerprint density at radius 2 is 1.89 bits per heavy atom. The van der Waals surface area contributed by atoms with Crippen LogP contribution >= 0.6 is 0 Å². The van der Waals surface area contributed by atoms with Gasteiger partial charge in [0.25, 0.3) is 11.5 Å². The molecule has 0 spiro atoms. The molecule has 11 heteroatoms. The maximum Gasteiger partial charge on any atom is 0.274 e. The molecule has 1 saturated carbocycles. The first-order valence-corrected chi connectivity index (χ1v) is 12.7. The van der Waals surface area contributed by atoms with Gasteiger partial charge in [0.2, 0.25) is 5.91 Å². The number of piperidine rings is 1. The number of likely N-dealkylation sites (tertiary alicyclic amines) is 1. The molecule has 2 fully saturated rings. The third kappa shape index (κ3) is 4.68. The third-order valence-corrected chi connectivity index (χ3v) is 7.20. The predicted molar refractivity (Wildman–Crippen MR) is 139 cm³/mol. The van der Waals surface area contributed by atoms with Gasteiger partial charge in [0.1, 0.15) is 17.4 Å². The van der Waals surface area contributed by atoms with Gasteiger partial charge in [-0.25, -0.2) is 9.67 Å². The summed E-state index contributed by atoms with van der Waals surface area (Å²) in [4.78, 5) is 48.4. The molecule has 194 valence electrons. The zero-order valence-electron chi connectivity index (χ0n) is 20.7. The molecule has 1 aliphatic heterocycles. The molecular formula is C27H27N7O4. The number of fused-ring (bicyclic) bond motifs is 1. The van der Waals surface area contributed by atoms with Crippen molar-refractivity contribution in [1.29, 1.82) is 0 Å². The molecule has 11 nitrogen and oxygen atoms in total. The minimum absolute atomic E-state index is 0.0977. The van der Waals surface area contributed by atoms with Gasteiger partial charge in [-0.3, -0.25) is 23.9 Å². The lowest BCUT2D eigenvalue weighted by molar-refractivity contribution is -0.137. The number of nitrogens with zero attached hydrogens (tertiary/aromatic N) is 6. The van der Waals surface area contributed by atoms with Crippen LogP contribution in [0.25, 0.3) is 16.7 Å². The molecule has 0 unspecified atom stereocenters. The van der Waals surface area contributed by atoms with Crippen molar-refractivity contribution in [2.24, 2.45) is 5.92 Å². The summed E-state index contributed by atoms with van der Waals surface area (Å²) in [6.45, 7) is 1.07. The molecule has 2 aliphatic rings. The zero-order valence-corrected chi connectivity index (χ0v) is 20.7. The van der Waals surface area contributed by atoms with Gasteiger partial charge < -0.3 is 15.3 Å². The molecule has 3 aromatic heterocycles. The molecule has 6 rings (SSSR count). The summed E-state index contributed by atoms with van der Waals surface area (Å²) in [6.07, 6.45) is 7.17. The van der Waals surface area contributed by atoms with E-state index in [2.05, 4.69) is 20.4 Å². The van der Waals surface area contributed by atoms with Crippen LogP contribution in [0.1, 0.15) is 36.2 Å². The zero-order chi connectivity index (χ0) is 26.3. The lowest BCUT2D eigenvalue weighted by Gasteiger charge is -2.38. The summed E-state index contributed by atoms with van der Waals surface area (Å²) >= 11 is 0. The van der Waals surface area contributed by atoms with Crippen molar-refractivity contribution < 1.29 is 14.7 Å². The Hall–Kier alpha value is -4.38. The second-order valence-electron chi connectivity index (χ2n) is 10.0. The van der Waals surface area contributed by atoms with Crippen molar-refractivity contribution >= 4 is 28.5 Å². The number of aromatic nitrogens is 5. The van der Waals surface area contributed by atoms with E-state index in [4.69, 9.17) is 0 Å². The molecule has 0 bridgehead atoms. The van der Waals surface area contributed by atoms with Crippen LogP contribution in [0, 0.1) is 5.92 Å². The second-order valence-corrected chi connectivity index (χ2v) is 10.0. The summed E-state index contributed by atoms with van der Waals surface area (Å²) in [5, 5.41) is 18.7. The van der Waals surface area contributed by atoms with Crippen LogP contribution in [0.2, 0.25) is 0 Å². The summed E-state index contributed by atoms with van der Waals surface area (Å²) in [7, 11) is 0. The van der Waals surface area contributed by atoms with Gasteiger partial charge in [-0.05, 0) is 56.0 Å². The van der Waals surface area contributed by atoms with E-state index in [1.165, 1.54) is 21.8 Å². The smallest absolute Gasteiger partial charge is 0.274 e. The van der Waals surface area contributed by atoms with Crippen molar-refractivity contribution in [2.45, 2.75) is 37.8 Å². The Labute approximate surface area is 217 Å². The summed E-state index contributed by atoms with van der Waals surface area (Å²) in [5.74, 6) is -0.000341. The highest BCUT2D eigenvalue weighted by atomic mass is 16.3. The van der Waals surface area contributed by atoms with Crippen molar-refractivity contribution in [3.05, 3.63) is 77.2 Å². The van der Waals surface area contributed by atoms with Crippen LogP contribution in [0.5, 0.6) is 0 Å². The lowest BCUT2D eigenvalue weighted by atomic mass is 9.91. The Morgan fingerprint density at radius 1 is 1.08 bits per heavy atom. The van der Waals surface area contributed by atoms with Crippen LogP contribution in [-0.2, 0) is 11.3 Å². The Bertz CT molecular complexity index is 1570. The largest absolute Gasteiger partial charge is 0.388 e. The standard InChI is InChI=1S/C27H27N7O4/c35-24(22-6-1-2-11-28-22)31-19-4-3-5-20(14-19)34-23-21(15-30-34)26(37)33(17-29-23)16-27(38)9-12-32(13-10-27)25(36)18-7-8-18/h1-6,11,14-15,17-18,38H,7-10,12-13,16H2,(H,31,35). The van der Waals surface area contributed by atoms with Crippen LogP contribution in [0.4, 0.5) is 5.69 Å². The lowest BCUT2D eigenvalue weighted by Crippen LogP contribution is -2.50. The van der Waals surface area contributed by atoms with Gasteiger partial charge in [0.15, 0.2) is 5.65 Å². The van der Waals surface area contributed by atoms with Crippen molar-refractivity contribution in [3.63, 3.8) is 0 Å². The van der Waals surface area contributed by atoms with E-state index >= 15 is 0 Å². The first kappa shape index (κ1) is 24.0. The van der Waals surface area contributed by atoms with E-state index in [0.717, 1.165) is 12.8 Å². The Morgan fingerprint density at radius 3 is 2.63 bits per heavy atom. The van der Waals surface area contributed by atoms with Gasteiger partial charge in [0.05, 0.1) is 24.0 Å². The SMILES string of the molecule is O=C(Nc1cccc(-n2ncc3c(=O)n(CC4(O)CCN(C(=O)C5CC5)CC4)cnc32)c1)c1ccccn1. The van der Waals surface area contributed by atoms with E-state index in [0.29, 0.717) is 54.0 Å². The quantitative estimate of drug-likeness (QED) is 0.403. The number of amides is 2. The molecule has 1 saturated heterocycles. The highest BCUT2D eigenvalue weighted by molar-refractivity contribution is 6.02. The van der Waals surface area contributed by atoms with Crippen molar-refractivity contribution in [2.75, 3.05) is 18.4 Å². The number of benzene rings is 1. The van der Waals surface area contributed by atoms with Gasteiger partial charge in [-0.15, -0.1) is 0 Å². The van der Waals surface area contributed by atoms with Gasteiger partial charge in [-0.2, -0.15) is 5.10 Å². The minimum Gasteiger partial charge on any atom is -0.388 e. The van der Waals surface area contributed by atoms with Crippen LogP contribution in [0.15, 0.2) is 66.0 Å². The van der Waals surface area contributed by atoms with E-state index < -0.39 is 5.60 Å². The van der Waals surface area contributed by atoms with E-state index in [1.807, 2.05) is 4.90 Å².